The summed E-state index contributed by atoms with van der Waals surface area (Å²) >= 11 is 0. The molecule has 0 atom stereocenters. The van der Waals surface area contributed by atoms with Crippen LogP contribution in [0.25, 0.3) is 22.2 Å². The molecule has 29 heavy (non-hydrogen) atoms. The number of fused-ring (bicyclic) bond motifs is 2. The summed E-state index contributed by atoms with van der Waals surface area (Å²) in [4.78, 5) is 26.0. The van der Waals surface area contributed by atoms with E-state index < -0.39 is 0 Å². The smallest absolute Gasteiger partial charge is 0.257 e. The first kappa shape index (κ1) is 18.5. The van der Waals surface area contributed by atoms with Crippen LogP contribution in [0.4, 0.5) is 5.82 Å². The summed E-state index contributed by atoms with van der Waals surface area (Å²) in [6, 6.07) is 11.0. The molecule has 1 aromatic carbocycles. The van der Waals surface area contributed by atoms with E-state index in [0.717, 1.165) is 5.56 Å². The topological polar surface area (TPSA) is 120 Å². The van der Waals surface area contributed by atoms with Crippen molar-refractivity contribution in [2.75, 3.05) is 26.0 Å². The molecule has 0 aliphatic rings. The lowest BCUT2D eigenvalue weighted by molar-refractivity contribution is 0.0939. The maximum Gasteiger partial charge on any atom is 0.257 e. The third-order valence-corrected chi connectivity index (χ3v) is 4.32. The highest BCUT2D eigenvalue weighted by Gasteiger charge is 2.23. The number of hydrogen-bond donors (Lipinski definition) is 2. The number of methoxy groups -OCH3 is 1. The molecule has 0 unspecified atom stereocenters. The van der Waals surface area contributed by atoms with Gasteiger partial charge in [-0.2, -0.15) is 9.78 Å². The van der Waals surface area contributed by atoms with E-state index in [2.05, 4.69) is 25.4 Å². The van der Waals surface area contributed by atoms with Gasteiger partial charge in [0, 0.05) is 26.0 Å². The number of para-hydroxylation sites is 2. The average Bonchev–Trinajstić information content (AvgIpc) is 3.01. The zero-order chi connectivity index (χ0) is 20.2. The summed E-state index contributed by atoms with van der Waals surface area (Å²) in [5.74, 6) is -0.192. The SMILES string of the molecule is COCCNC(=O)c1c(N)n(/N=C\c2ccncc2)c2nc3ccccc3nc12. The molecule has 0 spiro atoms. The van der Waals surface area contributed by atoms with Gasteiger partial charge in [-0.05, 0) is 29.8 Å². The Morgan fingerprint density at radius 3 is 2.66 bits per heavy atom. The van der Waals surface area contributed by atoms with E-state index in [9.17, 15) is 4.79 Å². The highest BCUT2D eigenvalue weighted by atomic mass is 16.5. The maximum absolute atomic E-state index is 12.8. The molecule has 4 aromatic rings. The minimum absolute atomic E-state index is 0.163. The molecular formula is C20H19N7O2. The molecule has 9 heteroatoms. The summed E-state index contributed by atoms with van der Waals surface area (Å²) in [6.45, 7) is 0.738. The summed E-state index contributed by atoms with van der Waals surface area (Å²) in [7, 11) is 1.57. The number of benzene rings is 1. The third kappa shape index (κ3) is 3.63. The minimum Gasteiger partial charge on any atom is -0.383 e. The Morgan fingerprint density at radius 2 is 1.93 bits per heavy atom. The van der Waals surface area contributed by atoms with Crippen molar-refractivity contribution in [3.05, 3.63) is 59.9 Å². The van der Waals surface area contributed by atoms with Gasteiger partial charge < -0.3 is 15.8 Å². The van der Waals surface area contributed by atoms with Crippen molar-refractivity contribution in [2.24, 2.45) is 5.10 Å². The van der Waals surface area contributed by atoms with Crippen molar-refractivity contribution >= 4 is 40.1 Å². The van der Waals surface area contributed by atoms with Crippen LogP contribution in [-0.4, -0.2) is 52.0 Å². The molecule has 3 N–H and O–H groups in total. The highest BCUT2D eigenvalue weighted by molar-refractivity contribution is 6.10. The second-order valence-electron chi connectivity index (χ2n) is 6.23. The predicted molar refractivity (Wildman–Crippen MR) is 111 cm³/mol. The molecule has 3 heterocycles. The van der Waals surface area contributed by atoms with Gasteiger partial charge in [0.25, 0.3) is 5.91 Å². The summed E-state index contributed by atoms with van der Waals surface area (Å²) < 4.78 is 6.42. The first-order valence-corrected chi connectivity index (χ1v) is 8.97. The van der Waals surface area contributed by atoms with Crippen LogP contribution in [0.2, 0.25) is 0 Å². The normalized spacial score (nSPS) is 11.5. The van der Waals surface area contributed by atoms with Crippen LogP contribution >= 0.6 is 0 Å². The Bertz CT molecular complexity index is 1200. The van der Waals surface area contributed by atoms with E-state index >= 15 is 0 Å². The molecule has 0 bridgehead atoms. The number of amides is 1. The Balaban J connectivity index is 1.87. The van der Waals surface area contributed by atoms with Gasteiger partial charge in [-0.3, -0.25) is 9.78 Å². The molecule has 0 aliphatic carbocycles. The van der Waals surface area contributed by atoms with Gasteiger partial charge in [-0.25, -0.2) is 9.97 Å². The molecule has 0 fully saturated rings. The third-order valence-electron chi connectivity index (χ3n) is 4.32. The number of nitrogens with zero attached hydrogens (tertiary/aromatic N) is 5. The van der Waals surface area contributed by atoms with Crippen LogP contribution < -0.4 is 11.1 Å². The summed E-state index contributed by atoms with van der Waals surface area (Å²) in [5.41, 5.74) is 9.53. The van der Waals surface area contributed by atoms with Crippen LogP contribution in [0.15, 0.2) is 53.9 Å². The number of hydrogen-bond acceptors (Lipinski definition) is 7. The van der Waals surface area contributed by atoms with Gasteiger partial charge in [0.1, 0.15) is 16.9 Å². The zero-order valence-corrected chi connectivity index (χ0v) is 15.7. The number of carbonyl (C=O) groups excluding carboxylic acids is 1. The van der Waals surface area contributed by atoms with Crippen LogP contribution in [0.3, 0.4) is 0 Å². The van der Waals surface area contributed by atoms with Crippen LogP contribution in [0.5, 0.6) is 0 Å². The number of nitrogens with one attached hydrogen (secondary N) is 1. The van der Waals surface area contributed by atoms with Crippen molar-refractivity contribution in [2.45, 2.75) is 0 Å². The largest absolute Gasteiger partial charge is 0.383 e. The first-order valence-electron chi connectivity index (χ1n) is 8.97. The molecule has 0 aliphatic heterocycles. The standard InChI is InChI=1S/C20H19N7O2/c1-29-11-10-23-20(28)16-17-19(26-15-5-3-2-4-14(15)25-17)27(18(16)21)24-12-13-6-8-22-9-7-13/h2-9,12H,10-11,21H2,1H3,(H,23,28)/b24-12-. The van der Waals surface area contributed by atoms with E-state index in [4.69, 9.17) is 10.5 Å². The van der Waals surface area contributed by atoms with E-state index in [1.807, 2.05) is 36.4 Å². The van der Waals surface area contributed by atoms with Gasteiger partial charge in [0.2, 0.25) is 0 Å². The molecule has 146 valence electrons. The van der Waals surface area contributed by atoms with Crippen LogP contribution in [0.1, 0.15) is 15.9 Å². The van der Waals surface area contributed by atoms with Crippen molar-refractivity contribution in [3.63, 3.8) is 0 Å². The molecular weight excluding hydrogens is 370 g/mol. The Kier molecular flexibility index (Phi) is 5.12. The highest BCUT2D eigenvalue weighted by Crippen LogP contribution is 2.27. The van der Waals surface area contributed by atoms with Crippen LogP contribution in [-0.2, 0) is 4.74 Å². The number of anilines is 1. The Hall–Kier alpha value is -3.85. The van der Waals surface area contributed by atoms with Crippen molar-refractivity contribution in [1.29, 1.82) is 0 Å². The Morgan fingerprint density at radius 1 is 1.21 bits per heavy atom. The molecule has 0 saturated carbocycles. The van der Waals surface area contributed by atoms with E-state index in [-0.39, 0.29) is 17.3 Å². The lowest BCUT2D eigenvalue weighted by Gasteiger charge is -2.04. The lowest BCUT2D eigenvalue weighted by Crippen LogP contribution is -2.27. The average molecular weight is 389 g/mol. The van der Waals surface area contributed by atoms with Gasteiger partial charge in [0.15, 0.2) is 5.65 Å². The molecule has 1 amide bonds. The van der Waals surface area contributed by atoms with Crippen molar-refractivity contribution < 1.29 is 9.53 Å². The predicted octanol–water partition coefficient (Wildman–Crippen LogP) is 1.82. The van der Waals surface area contributed by atoms with E-state index in [0.29, 0.717) is 35.3 Å². The number of ether oxygens (including phenoxy) is 1. The van der Waals surface area contributed by atoms with Crippen LogP contribution in [0, 0.1) is 0 Å². The molecule has 0 radical (unpaired) electrons. The van der Waals surface area contributed by atoms with Gasteiger partial charge in [-0.15, -0.1) is 0 Å². The van der Waals surface area contributed by atoms with Crippen molar-refractivity contribution in [1.82, 2.24) is 24.9 Å². The molecule has 4 rings (SSSR count). The minimum atomic E-state index is -0.355. The second kappa shape index (κ2) is 8.03. The quantitative estimate of drug-likeness (QED) is 0.383. The molecule has 3 aromatic heterocycles. The monoisotopic (exact) mass is 389 g/mol. The number of carbonyl (C=O) groups is 1. The van der Waals surface area contributed by atoms with E-state index in [1.165, 1.54) is 4.68 Å². The second-order valence-corrected chi connectivity index (χ2v) is 6.23. The van der Waals surface area contributed by atoms with Crippen molar-refractivity contribution in [3.8, 4) is 0 Å². The maximum atomic E-state index is 12.8. The summed E-state index contributed by atoms with van der Waals surface area (Å²) in [5, 5.41) is 7.23. The van der Waals surface area contributed by atoms with E-state index in [1.54, 1.807) is 25.7 Å². The fourth-order valence-corrected chi connectivity index (χ4v) is 2.92. The number of nitrogens with two attached hydrogens (primary N) is 1. The number of nitrogen functional groups attached to an aromatic ring is 1. The fraction of sp³-hybridized carbons (Fsp3) is 0.150. The fourth-order valence-electron chi connectivity index (χ4n) is 2.92. The number of aromatic nitrogens is 4. The lowest BCUT2D eigenvalue weighted by atomic mass is 10.2. The van der Waals surface area contributed by atoms with Gasteiger partial charge >= 0.3 is 0 Å². The van der Waals surface area contributed by atoms with Gasteiger partial charge in [-0.1, -0.05) is 12.1 Å². The zero-order valence-electron chi connectivity index (χ0n) is 15.7. The number of rotatable bonds is 6. The summed E-state index contributed by atoms with van der Waals surface area (Å²) in [6.07, 6.45) is 4.96. The molecule has 9 nitrogen and oxygen atoms in total. The molecule has 0 saturated heterocycles. The number of pyridine rings is 1. The Labute approximate surface area is 166 Å². The first-order chi connectivity index (χ1) is 14.2. The van der Waals surface area contributed by atoms with Gasteiger partial charge in [0.05, 0.1) is 23.9 Å².